The van der Waals surface area contributed by atoms with Crippen LogP contribution in [-0.2, 0) is 17.5 Å². The summed E-state index contributed by atoms with van der Waals surface area (Å²) in [5.41, 5.74) is -0.208. The smallest absolute Gasteiger partial charge is 0.350 e. The largest absolute Gasteiger partial charge is 0.416 e. The van der Waals surface area contributed by atoms with Crippen LogP contribution in [0.2, 0.25) is 0 Å². The zero-order chi connectivity index (χ0) is 13.1. The van der Waals surface area contributed by atoms with Crippen molar-refractivity contribution in [2.24, 2.45) is 0 Å². The van der Waals surface area contributed by atoms with E-state index in [4.69, 9.17) is 23.2 Å². The molecule has 0 saturated heterocycles. The lowest BCUT2D eigenvalue weighted by molar-refractivity contribution is -0.137. The molecule has 0 aromatic heterocycles. The van der Waals surface area contributed by atoms with E-state index in [1.807, 2.05) is 0 Å². The first kappa shape index (κ1) is 14.1. The fraction of sp³-hybridized carbons (Fsp3) is 0.300. The van der Waals surface area contributed by atoms with Crippen LogP contribution in [0, 0.1) is 0 Å². The topological polar surface area (TPSA) is 29.1 Å². The summed E-state index contributed by atoms with van der Waals surface area (Å²) < 4.78 is 36.7. The Balaban J connectivity index is 2.61. The second-order valence-electron chi connectivity index (χ2n) is 3.21. The van der Waals surface area contributed by atoms with Gasteiger partial charge < -0.3 is 5.32 Å². The average Bonchev–Trinajstić information content (AvgIpc) is 2.25. The molecule has 1 N–H and O–H groups in total. The van der Waals surface area contributed by atoms with Gasteiger partial charge in [-0.2, -0.15) is 13.2 Å². The van der Waals surface area contributed by atoms with Crippen molar-refractivity contribution >= 4 is 29.1 Å². The van der Waals surface area contributed by atoms with Crippen molar-refractivity contribution in [1.29, 1.82) is 0 Å². The molecule has 0 fully saturated rings. The maximum absolute atomic E-state index is 12.2. The second kappa shape index (κ2) is 5.60. The Kier molecular flexibility index (Phi) is 4.65. The number of nitrogens with one attached hydrogen (secondary N) is 1. The van der Waals surface area contributed by atoms with Crippen molar-refractivity contribution < 1.29 is 18.0 Å². The van der Waals surface area contributed by atoms with Gasteiger partial charge in [0.15, 0.2) is 4.84 Å². The number of halogens is 5. The Morgan fingerprint density at radius 1 is 1.24 bits per heavy atom. The highest BCUT2D eigenvalue weighted by Crippen LogP contribution is 2.28. The molecule has 1 aromatic rings. The summed E-state index contributed by atoms with van der Waals surface area (Å²) in [5.74, 6) is -0.590. The molecule has 17 heavy (non-hydrogen) atoms. The van der Waals surface area contributed by atoms with Gasteiger partial charge in [-0.15, -0.1) is 0 Å². The molecule has 1 rings (SSSR count). The van der Waals surface area contributed by atoms with E-state index in [1.165, 1.54) is 12.1 Å². The Bertz CT molecular complexity index is 390. The normalized spacial score (nSPS) is 11.6. The summed E-state index contributed by atoms with van der Waals surface area (Å²) >= 11 is 10.6. The number of carbonyl (C=O) groups excluding carboxylic acids is 1. The Morgan fingerprint density at radius 2 is 1.76 bits per heavy atom. The standard InChI is InChI=1S/C10H8Cl2F3NO/c11-8(12)9(17)16-5-6-1-3-7(4-2-6)10(13,14)15/h1-4,8H,5H2,(H,16,17). The molecule has 0 heterocycles. The van der Waals surface area contributed by atoms with Crippen LogP contribution in [0.4, 0.5) is 13.2 Å². The van der Waals surface area contributed by atoms with Crippen LogP contribution >= 0.6 is 23.2 Å². The van der Waals surface area contributed by atoms with E-state index in [2.05, 4.69) is 5.32 Å². The maximum atomic E-state index is 12.2. The van der Waals surface area contributed by atoms with E-state index in [1.54, 1.807) is 0 Å². The number of alkyl halides is 5. The molecule has 0 unspecified atom stereocenters. The first-order valence-corrected chi connectivity index (χ1v) is 5.40. The van der Waals surface area contributed by atoms with Crippen LogP contribution in [0.25, 0.3) is 0 Å². The van der Waals surface area contributed by atoms with Gasteiger partial charge in [-0.05, 0) is 17.7 Å². The predicted octanol–water partition coefficient (Wildman–Crippen LogP) is 3.13. The highest BCUT2D eigenvalue weighted by molar-refractivity contribution is 6.53. The Labute approximate surface area is 106 Å². The highest BCUT2D eigenvalue weighted by atomic mass is 35.5. The van der Waals surface area contributed by atoms with Crippen molar-refractivity contribution in [2.45, 2.75) is 17.6 Å². The van der Waals surface area contributed by atoms with Crippen molar-refractivity contribution in [2.75, 3.05) is 0 Å². The number of hydrogen-bond acceptors (Lipinski definition) is 1. The summed E-state index contributed by atoms with van der Waals surface area (Å²) in [4.78, 5) is 9.80. The molecule has 0 atom stereocenters. The minimum atomic E-state index is -4.36. The zero-order valence-electron chi connectivity index (χ0n) is 8.39. The van der Waals surface area contributed by atoms with E-state index < -0.39 is 22.5 Å². The summed E-state index contributed by atoms with van der Waals surface area (Å²) in [7, 11) is 0. The van der Waals surface area contributed by atoms with Crippen LogP contribution < -0.4 is 5.32 Å². The lowest BCUT2D eigenvalue weighted by Gasteiger charge is -2.08. The molecular weight excluding hydrogens is 278 g/mol. The number of rotatable bonds is 3. The number of carbonyl (C=O) groups is 1. The van der Waals surface area contributed by atoms with Crippen LogP contribution in [0.15, 0.2) is 24.3 Å². The zero-order valence-corrected chi connectivity index (χ0v) is 9.90. The van der Waals surface area contributed by atoms with Crippen molar-refractivity contribution in [3.8, 4) is 0 Å². The minimum Gasteiger partial charge on any atom is -0.350 e. The molecule has 94 valence electrons. The van der Waals surface area contributed by atoms with Crippen molar-refractivity contribution in [3.05, 3.63) is 35.4 Å². The SMILES string of the molecule is O=C(NCc1ccc(C(F)(F)F)cc1)C(Cl)Cl. The van der Waals surface area contributed by atoms with Gasteiger partial charge in [-0.1, -0.05) is 35.3 Å². The minimum absolute atomic E-state index is 0.0763. The third-order valence-electron chi connectivity index (χ3n) is 1.95. The van der Waals surface area contributed by atoms with Gasteiger partial charge in [0.2, 0.25) is 0 Å². The third kappa shape index (κ3) is 4.44. The Hall–Kier alpha value is -0.940. The lowest BCUT2D eigenvalue weighted by Crippen LogP contribution is -2.27. The first-order valence-electron chi connectivity index (χ1n) is 4.52. The molecule has 0 saturated carbocycles. The van der Waals surface area contributed by atoms with Gasteiger partial charge in [0, 0.05) is 6.54 Å². The molecular formula is C10H8Cl2F3NO. The van der Waals surface area contributed by atoms with Crippen LogP contribution in [0.3, 0.4) is 0 Å². The number of hydrogen-bond donors (Lipinski definition) is 1. The van der Waals surface area contributed by atoms with E-state index in [0.29, 0.717) is 5.56 Å². The van der Waals surface area contributed by atoms with E-state index in [-0.39, 0.29) is 6.54 Å². The lowest BCUT2D eigenvalue weighted by atomic mass is 10.1. The van der Waals surface area contributed by atoms with E-state index in [9.17, 15) is 18.0 Å². The monoisotopic (exact) mass is 285 g/mol. The summed E-state index contributed by atoms with van der Waals surface area (Å²) in [5, 5.41) is 2.37. The van der Waals surface area contributed by atoms with Gasteiger partial charge >= 0.3 is 6.18 Å². The fourth-order valence-corrected chi connectivity index (χ4v) is 1.23. The maximum Gasteiger partial charge on any atom is 0.416 e. The highest BCUT2D eigenvalue weighted by Gasteiger charge is 2.29. The fourth-order valence-electron chi connectivity index (χ4n) is 1.08. The van der Waals surface area contributed by atoms with Gasteiger partial charge in [-0.3, -0.25) is 4.79 Å². The van der Waals surface area contributed by atoms with E-state index >= 15 is 0 Å². The molecule has 0 aliphatic rings. The quantitative estimate of drug-likeness (QED) is 0.850. The summed E-state index contributed by atoms with van der Waals surface area (Å²) in [6.45, 7) is 0.0763. The predicted molar refractivity (Wildman–Crippen MR) is 58.8 cm³/mol. The third-order valence-corrected chi connectivity index (χ3v) is 2.34. The van der Waals surface area contributed by atoms with Gasteiger partial charge in [0.1, 0.15) is 0 Å². The van der Waals surface area contributed by atoms with Gasteiger partial charge in [0.25, 0.3) is 5.91 Å². The molecule has 0 aliphatic carbocycles. The first-order chi connectivity index (χ1) is 7.80. The molecule has 0 aliphatic heterocycles. The molecule has 7 heteroatoms. The summed E-state index contributed by atoms with van der Waals surface area (Å²) in [6.07, 6.45) is -4.36. The molecule has 0 bridgehead atoms. The molecule has 0 spiro atoms. The number of amides is 1. The average molecular weight is 286 g/mol. The van der Waals surface area contributed by atoms with Crippen LogP contribution in [-0.4, -0.2) is 10.7 Å². The van der Waals surface area contributed by atoms with Crippen molar-refractivity contribution in [1.82, 2.24) is 5.32 Å². The Morgan fingerprint density at radius 3 is 2.18 bits per heavy atom. The van der Waals surface area contributed by atoms with Gasteiger partial charge in [-0.25, -0.2) is 0 Å². The van der Waals surface area contributed by atoms with E-state index in [0.717, 1.165) is 12.1 Å². The molecule has 0 radical (unpaired) electrons. The number of benzene rings is 1. The van der Waals surface area contributed by atoms with Gasteiger partial charge in [0.05, 0.1) is 5.56 Å². The van der Waals surface area contributed by atoms with Crippen LogP contribution in [0.5, 0.6) is 0 Å². The molecule has 1 amide bonds. The molecule has 2 nitrogen and oxygen atoms in total. The molecule has 1 aromatic carbocycles. The van der Waals surface area contributed by atoms with Crippen molar-refractivity contribution in [3.63, 3.8) is 0 Å². The second-order valence-corrected chi connectivity index (χ2v) is 4.31. The van der Waals surface area contributed by atoms with Crippen LogP contribution in [0.1, 0.15) is 11.1 Å². The summed E-state index contributed by atoms with van der Waals surface area (Å²) in [6, 6.07) is 4.45.